The third kappa shape index (κ3) is 5.53. The quantitative estimate of drug-likeness (QED) is 0.520. The van der Waals surface area contributed by atoms with E-state index < -0.39 is 23.7 Å². The zero-order valence-electron chi connectivity index (χ0n) is 20.7. The molecular formula is C26H30F3N5O2. The Kier molecular flexibility index (Phi) is 7.08. The zero-order chi connectivity index (χ0) is 26.2. The van der Waals surface area contributed by atoms with Crippen LogP contribution >= 0.6 is 0 Å². The predicted molar refractivity (Wildman–Crippen MR) is 134 cm³/mol. The molecule has 0 saturated carbocycles. The SMILES string of the molecule is CC(=O)Nc1cc(C(C)Nc2nn(C)c(=O)c3ccc(C4CCCN(C)C4)cc23)cc(C(F)(F)F)c1. The fourth-order valence-electron chi connectivity index (χ4n) is 4.80. The van der Waals surface area contributed by atoms with Gasteiger partial charge in [-0.05, 0) is 80.7 Å². The van der Waals surface area contributed by atoms with Crippen molar-refractivity contribution in [1.29, 1.82) is 0 Å². The maximum Gasteiger partial charge on any atom is 0.416 e. The number of likely N-dealkylation sites (N-methyl/N-ethyl adjacent to an activating group) is 1. The monoisotopic (exact) mass is 501 g/mol. The van der Waals surface area contributed by atoms with Gasteiger partial charge in [0.15, 0.2) is 5.82 Å². The van der Waals surface area contributed by atoms with E-state index in [4.69, 9.17) is 0 Å². The number of nitrogens with zero attached hydrogens (tertiary/aromatic N) is 3. The standard InChI is InChI=1S/C26H30F3N5O2/c1-15(19-10-20(26(27,28)29)13-21(11-19)31-16(2)35)30-24-23-12-17(18-6-5-9-33(3)14-18)7-8-22(23)25(36)34(4)32-24/h7-8,10-13,15,18H,5-6,9,14H2,1-4H3,(H,30,32)(H,31,35). The molecule has 2 N–H and O–H groups in total. The average molecular weight is 502 g/mol. The van der Waals surface area contributed by atoms with Crippen LogP contribution in [-0.2, 0) is 18.0 Å². The molecule has 2 aromatic carbocycles. The number of amides is 1. The van der Waals surface area contributed by atoms with Crippen LogP contribution in [0, 0.1) is 0 Å². The molecule has 1 aliphatic heterocycles. The minimum atomic E-state index is -4.58. The number of carbonyl (C=O) groups excluding carboxylic acids is 1. The first kappa shape index (κ1) is 25.7. The number of carbonyl (C=O) groups is 1. The maximum absolute atomic E-state index is 13.5. The van der Waals surface area contributed by atoms with Gasteiger partial charge in [-0.2, -0.15) is 18.3 Å². The molecule has 4 rings (SSSR count). The summed E-state index contributed by atoms with van der Waals surface area (Å²) in [4.78, 5) is 26.5. The van der Waals surface area contributed by atoms with Crippen LogP contribution < -0.4 is 16.2 Å². The van der Waals surface area contributed by atoms with Gasteiger partial charge in [0.25, 0.3) is 5.56 Å². The number of likely N-dealkylation sites (tertiary alicyclic amines) is 1. The van der Waals surface area contributed by atoms with Gasteiger partial charge in [-0.25, -0.2) is 4.68 Å². The maximum atomic E-state index is 13.5. The van der Waals surface area contributed by atoms with Crippen LogP contribution in [0.5, 0.6) is 0 Å². The summed E-state index contributed by atoms with van der Waals surface area (Å²) in [5.41, 5.74) is 0.374. The van der Waals surface area contributed by atoms with Crippen molar-refractivity contribution >= 4 is 28.2 Å². The predicted octanol–water partition coefficient (Wildman–Crippen LogP) is 4.89. The Labute approximate surface area is 207 Å². The summed E-state index contributed by atoms with van der Waals surface area (Å²) in [5, 5.41) is 11.2. The fraction of sp³-hybridized carbons (Fsp3) is 0.423. The van der Waals surface area contributed by atoms with Gasteiger partial charge in [-0.3, -0.25) is 9.59 Å². The highest BCUT2D eigenvalue weighted by Crippen LogP contribution is 2.35. The molecule has 1 fully saturated rings. The molecule has 2 heterocycles. The summed E-state index contributed by atoms with van der Waals surface area (Å²) in [5.74, 6) is 0.266. The van der Waals surface area contributed by atoms with Crippen molar-refractivity contribution in [3.63, 3.8) is 0 Å². The van der Waals surface area contributed by atoms with Gasteiger partial charge in [0, 0.05) is 31.6 Å². The molecule has 0 aliphatic carbocycles. The van der Waals surface area contributed by atoms with E-state index in [9.17, 15) is 22.8 Å². The number of alkyl halides is 3. The highest BCUT2D eigenvalue weighted by molar-refractivity contribution is 5.92. The summed E-state index contributed by atoms with van der Waals surface area (Å²) < 4.78 is 41.9. The van der Waals surface area contributed by atoms with Crippen molar-refractivity contribution in [3.8, 4) is 0 Å². The van der Waals surface area contributed by atoms with Crippen molar-refractivity contribution in [2.75, 3.05) is 30.8 Å². The highest BCUT2D eigenvalue weighted by atomic mass is 19.4. The van der Waals surface area contributed by atoms with Crippen molar-refractivity contribution < 1.29 is 18.0 Å². The Hall–Kier alpha value is -3.40. The van der Waals surface area contributed by atoms with Gasteiger partial charge < -0.3 is 15.5 Å². The van der Waals surface area contributed by atoms with E-state index in [0.717, 1.165) is 43.6 Å². The molecule has 1 saturated heterocycles. The Balaban J connectivity index is 1.74. The van der Waals surface area contributed by atoms with E-state index in [0.29, 0.717) is 28.1 Å². The van der Waals surface area contributed by atoms with Crippen molar-refractivity contribution in [2.24, 2.45) is 7.05 Å². The van der Waals surface area contributed by atoms with E-state index in [1.807, 2.05) is 12.1 Å². The Morgan fingerprint density at radius 2 is 1.89 bits per heavy atom. The lowest BCUT2D eigenvalue weighted by Gasteiger charge is -2.30. The number of fused-ring (bicyclic) bond motifs is 1. The number of anilines is 2. The summed E-state index contributed by atoms with van der Waals surface area (Å²) in [6.45, 7) is 4.92. The first-order valence-electron chi connectivity index (χ1n) is 11.9. The second-order valence-electron chi connectivity index (χ2n) is 9.57. The number of hydrogen-bond acceptors (Lipinski definition) is 5. The second kappa shape index (κ2) is 9.93. The summed E-state index contributed by atoms with van der Waals surface area (Å²) >= 11 is 0. The molecule has 1 amide bonds. The average Bonchev–Trinajstić information content (AvgIpc) is 2.81. The lowest BCUT2D eigenvalue weighted by molar-refractivity contribution is -0.137. The smallest absolute Gasteiger partial charge is 0.362 e. The van der Waals surface area contributed by atoms with Crippen LogP contribution in [0.1, 0.15) is 55.3 Å². The summed E-state index contributed by atoms with van der Waals surface area (Å²) in [6, 6.07) is 8.61. The largest absolute Gasteiger partial charge is 0.416 e. The topological polar surface area (TPSA) is 79.3 Å². The molecule has 2 atom stereocenters. The van der Waals surface area contributed by atoms with E-state index >= 15 is 0 Å². The Morgan fingerprint density at radius 1 is 1.14 bits per heavy atom. The molecule has 1 aromatic heterocycles. The van der Waals surface area contributed by atoms with E-state index in [1.165, 1.54) is 17.7 Å². The Morgan fingerprint density at radius 3 is 2.56 bits per heavy atom. The summed E-state index contributed by atoms with van der Waals surface area (Å²) in [7, 11) is 3.63. The number of hydrogen-bond donors (Lipinski definition) is 2. The van der Waals surface area contributed by atoms with Gasteiger partial charge in [-0.1, -0.05) is 6.07 Å². The lowest BCUT2D eigenvalue weighted by atomic mass is 9.90. The zero-order valence-corrected chi connectivity index (χ0v) is 20.7. The van der Waals surface area contributed by atoms with Crippen LogP contribution in [-0.4, -0.2) is 40.7 Å². The number of piperidine rings is 1. The van der Waals surface area contributed by atoms with E-state index in [-0.39, 0.29) is 11.2 Å². The first-order chi connectivity index (χ1) is 16.9. The molecule has 36 heavy (non-hydrogen) atoms. The molecule has 0 bridgehead atoms. The van der Waals surface area contributed by atoms with Crippen molar-refractivity contribution in [1.82, 2.24) is 14.7 Å². The van der Waals surface area contributed by atoms with E-state index in [2.05, 4.69) is 27.7 Å². The number of benzene rings is 2. The Bertz CT molecular complexity index is 1350. The van der Waals surface area contributed by atoms with Gasteiger partial charge in [0.1, 0.15) is 0 Å². The van der Waals surface area contributed by atoms with Gasteiger partial charge in [0.2, 0.25) is 5.91 Å². The lowest BCUT2D eigenvalue weighted by Crippen LogP contribution is -2.30. The van der Waals surface area contributed by atoms with E-state index in [1.54, 1.807) is 20.0 Å². The number of aryl methyl sites for hydroxylation is 1. The molecule has 7 nitrogen and oxygen atoms in total. The van der Waals surface area contributed by atoms with Gasteiger partial charge >= 0.3 is 6.18 Å². The molecule has 192 valence electrons. The van der Waals surface area contributed by atoms with Crippen LogP contribution in [0.4, 0.5) is 24.7 Å². The molecule has 10 heteroatoms. The van der Waals surface area contributed by atoms with Crippen LogP contribution in [0.2, 0.25) is 0 Å². The minimum Gasteiger partial charge on any atom is -0.362 e. The number of aromatic nitrogens is 2. The fourth-order valence-corrected chi connectivity index (χ4v) is 4.80. The van der Waals surface area contributed by atoms with Crippen LogP contribution in [0.25, 0.3) is 10.8 Å². The summed E-state index contributed by atoms with van der Waals surface area (Å²) in [6.07, 6.45) is -2.45. The van der Waals surface area contributed by atoms with Crippen molar-refractivity contribution in [2.45, 2.75) is 44.8 Å². The molecule has 2 unspecified atom stereocenters. The van der Waals surface area contributed by atoms with Gasteiger partial charge in [0.05, 0.1) is 17.0 Å². The number of halogens is 3. The molecule has 3 aromatic rings. The van der Waals surface area contributed by atoms with Gasteiger partial charge in [-0.15, -0.1) is 0 Å². The molecule has 1 aliphatic rings. The second-order valence-corrected chi connectivity index (χ2v) is 9.57. The highest BCUT2D eigenvalue weighted by Gasteiger charge is 2.32. The number of nitrogens with one attached hydrogen (secondary N) is 2. The number of rotatable bonds is 5. The molecule has 0 spiro atoms. The molecular weight excluding hydrogens is 471 g/mol. The molecule has 0 radical (unpaired) electrons. The van der Waals surface area contributed by atoms with Crippen LogP contribution in [0.15, 0.2) is 41.2 Å². The third-order valence-electron chi connectivity index (χ3n) is 6.63. The first-order valence-corrected chi connectivity index (χ1v) is 11.9. The normalized spacial score (nSPS) is 17.7. The van der Waals surface area contributed by atoms with Crippen LogP contribution in [0.3, 0.4) is 0 Å². The minimum absolute atomic E-state index is 0.0583. The van der Waals surface area contributed by atoms with Crippen molar-refractivity contribution in [3.05, 3.63) is 63.4 Å². The third-order valence-corrected chi connectivity index (χ3v) is 6.63.